The van der Waals surface area contributed by atoms with Crippen LogP contribution >= 0.6 is 0 Å². The number of fused-ring (bicyclic) bond motifs is 5. The molecule has 1 heterocycles. The van der Waals surface area contributed by atoms with Crippen molar-refractivity contribution in [1.29, 1.82) is 0 Å². The number of hydrogen-bond acceptors (Lipinski definition) is 3. The highest BCUT2D eigenvalue weighted by Gasteiger charge is 2.47. The van der Waals surface area contributed by atoms with Gasteiger partial charge in [0.1, 0.15) is 6.10 Å². The Balaban J connectivity index is 1.63. The third-order valence-corrected chi connectivity index (χ3v) is 7.67. The lowest BCUT2D eigenvalue weighted by molar-refractivity contribution is -0.150. The van der Waals surface area contributed by atoms with Crippen LogP contribution in [0.15, 0.2) is 23.8 Å². The average molecular weight is 371 g/mol. The molecule has 0 radical (unpaired) electrons. The zero-order chi connectivity index (χ0) is 19.0. The van der Waals surface area contributed by atoms with Crippen LogP contribution in [0.3, 0.4) is 0 Å². The van der Waals surface area contributed by atoms with Crippen LogP contribution in [0.25, 0.3) is 0 Å². The molecule has 0 amide bonds. The summed E-state index contributed by atoms with van der Waals surface area (Å²) in [5.41, 5.74) is 0.945. The molecule has 3 nitrogen and oxygen atoms in total. The number of carbonyl (C=O) groups is 2. The van der Waals surface area contributed by atoms with Crippen molar-refractivity contribution in [2.24, 2.45) is 35.5 Å². The molecule has 7 atom stereocenters. The Morgan fingerprint density at radius 3 is 2.63 bits per heavy atom. The van der Waals surface area contributed by atoms with E-state index < -0.39 is 0 Å². The van der Waals surface area contributed by atoms with Gasteiger partial charge in [-0.05, 0) is 67.8 Å². The summed E-state index contributed by atoms with van der Waals surface area (Å²) in [6.07, 6.45) is 16.1. The van der Waals surface area contributed by atoms with Crippen LogP contribution in [0.1, 0.15) is 71.6 Å². The van der Waals surface area contributed by atoms with E-state index in [2.05, 4.69) is 32.1 Å². The Kier molecular flexibility index (Phi) is 5.57. The fourth-order valence-electron chi connectivity index (χ4n) is 6.10. The highest BCUT2D eigenvalue weighted by atomic mass is 16.5. The molecular weight excluding hydrogens is 336 g/mol. The maximum absolute atomic E-state index is 13.3. The lowest BCUT2D eigenvalue weighted by Gasteiger charge is -2.34. The summed E-state index contributed by atoms with van der Waals surface area (Å²) in [4.78, 5) is 26.0. The van der Waals surface area contributed by atoms with Crippen molar-refractivity contribution in [1.82, 2.24) is 0 Å². The lowest BCUT2D eigenvalue weighted by atomic mass is 9.70. The number of cyclic esters (lactones) is 1. The van der Waals surface area contributed by atoms with E-state index in [1.165, 1.54) is 19.3 Å². The molecule has 0 aromatic rings. The monoisotopic (exact) mass is 370 g/mol. The molecule has 2 fully saturated rings. The summed E-state index contributed by atoms with van der Waals surface area (Å²) in [6.45, 7) is 4.18. The molecule has 3 heteroatoms. The molecule has 0 bridgehead atoms. The lowest BCUT2D eigenvalue weighted by Crippen LogP contribution is -2.31. The van der Waals surface area contributed by atoms with Crippen LogP contribution in [0.5, 0.6) is 0 Å². The summed E-state index contributed by atoms with van der Waals surface area (Å²) in [6, 6.07) is 0. The zero-order valence-corrected chi connectivity index (χ0v) is 16.9. The van der Waals surface area contributed by atoms with Gasteiger partial charge in [-0.2, -0.15) is 0 Å². The largest absolute Gasteiger partial charge is 0.462 e. The van der Waals surface area contributed by atoms with Crippen molar-refractivity contribution in [2.45, 2.75) is 77.7 Å². The van der Waals surface area contributed by atoms with Crippen molar-refractivity contribution in [3.8, 4) is 0 Å². The molecule has 0 spiro atoms. The third-order valence-electron chi connectivity index (χ3n) is 7.67. The summed E-state index contributed by atoms with van der Waals surface area (Å²) in [7, 11) is 0. The smallest absolute Gasteiger partial charge is 0.306 e. The van der Waals surface area contributed by atoms with E-state index in [0.717, 1.165) is 37.7 Å². The van der Waals surface area contributed by atoms with Gasteiger partial charge < -0.3 is 4.74 Å². The molecular formula is C24H34O3. The molecule has 7 unspecified atom stereocenters. The number of esters is 1. The van der Waals surface area contributed by atoms with Crippen LogP contribution in [-0.4, -0.2) is 17.9 Å². The van der Waals surface area contributed by atoms with Crippen LogP contribution in [0, 0.1) is 35.5 Å². The van der Waals surface area contributed by atoms with Crippen LogP contribution in [-0.2, 0) is 14.3 Å². The van der Waals surface area contributed by atoms with Crippen molar-refractivity contribution < 1.29 is 14.3 Å². The second-order valence-corrected chi connectivity index (χ2v) is 9.30. The first-order chi connectivity index (χ1) is 13.1. The van der Waals surface area contributed by atoms with Gasteiger partial charge in [0.25, 0.3) is 0 Å². The van der Waals surface area contributed by atoms with Gasteiger partial charge in [-0.15, -0.1) is 0 Å². The van der Waals surface area contributed by atoms with Gasteiger partial charge in [0.15, 0.2) is 5.78 Å². The molecule has 4 rings (SSSR count). The quantitative estimate of drug-likeness (QED) is 0.467. The standard InChI is InChI=1S/C24H34O3/c1-3-17-9-5-4-7-15(2)24(26)22-13-20-18-10-6-8-16(18)11-12-19(20)21(22)14-23(25)27-17/h11-13,15-21H,3-10,14H2,1-2H3. The summed E-state index contributed by atoms with van der Waals surface area (Å²) >= 11 is 0. The minimum atomic E-state index is -0.110. The normalized spacial score (nSPS) is 42.3. The van der Waals surface area contributed by atoms with Crippen molar-refractivity contribution >= 4 is 11.8 Å². The van der Waals surface area contributed by atoms with Gasteiger partial charge >= 0.3 is 5.97 Å². The molecule has 3 aliphatic carbocycles. The minimum absolute atomic E-state index is 0.0205. The number of carbonyl (C=O) groups excluding carboxylic acids is 2. The second kappa shape index (κ2) is 7.93. The van der Waals surface area contributed by atoms with E-state index in [1.807, 2.05) is 0 Å². The molecule has 1 saturated heterocycles. The van der Waals surface area contributed by atoms with E-state index in [1.54, 1.807) is 0 Å². The molecule has 0 aromatic carbocycles. The highest BCUT2D eigenvalue weighted by molar-refractivity contribution is 5.98. The van der Waals surface area contributed by atoms with Crippen LogP contribution in [0.2, 0.25) is 0 Å². The predicted molar refractivity (Wildman–Crippen MR) is 106 cm³/mol. The Morgan fingerprint density at radius 1 is 1.00 bits per heavy atom. The Morgan fingerprint density at radius 2 is 1.81 bits per heavy atom. The minimum Gasteiger partial charge on any atom is -0.462 e. The topological polar surface area (TPSA) is 43.4 Å². The summed E-state index contributed by atoms with van der Waals surface area (Å²) < 4.78 is 5.81. The second-order valence-electron chi connectivity index (χ2n) is 9.30. The number of ether oxygens (including phenoxy) is 1. The van der Waals surface area contributed by atoms with E-state index in [-0.39, 0.29) is 29.7 Å². The predicted octanol–water partition coefficient (Wildman–Crippen LogP) is 5.25. The molecule has 27 heavy (non-hydrogen) atoms. The molecule has 0 aromatic heterocycles. The fourth-order valence-corrected chi connectivity index (χ4v) is 6.10. The summed E-state index contributed by atoms with van der Waals surface area (Å²) in [5.74, 6) is 2.36. The van der Waals surface area contributed by atoms with Crippen molar-refractivity contribution in [3.05, 3.63) is 23.8 Å². The summed E-state index contributed by atoms with van der Waals surface area (Å²) in [5, 5.41) is 0. The van der Waals surface area contributed by atoms with Crippen molar-refractivity contribution in [3.63, 3.8) is 0 Å². The van der Waals surface area contributed by atoms with Gasteiger partial charge in [0.2, 0.25) is 0 Å². The molecule has 1 aliphatic heterocycles. The van der Waals surface area contributed by atoms with E-state index in [0.29, 0.717) is 30.1 Å². The molecule has 1 saturated carbocycles. The molecule has 0 N–H and O–H groups in total. The fraction of sp³-hybridized carbons (Fsp3) is 0.750. The van der Waals surface area contributed by atoms with Gasteiger partial charge in [-0.3, -0.25) is 9.59 Å². The van der Waals surface area contributed by atoms with E-state index in [4.69, 9.17) is 4.74 Å². The number of rotatable bonds is 1. The number of allylic oxidation sites excluding steroid dienone is 4. The number of Topliss-reactive ketones (excluding diaryl/α,β-unsaturated/α-hetero) is 1. The van der Waals surface area contributed by atoms with Gasteiger partial charge in [0.05, 0.1) is 6.42 Å². The SMILES string of the molecule is CCC1CCCCC(C)C(=O)C2=CC3C(C=CC4CCCC43)C2CC(=O)O1. The Labute approximate surface area is 163 Å². The number of hydrogen-bond donors (Lipinski definition) is 0. The maximum Gasteiger partial charge on any atom is 0.306 e. The molecule has 148 valence electrons. The van der Waals surface area contributed by atoms with Gasteiger partial charge in [-0.25, -0.2) is 0 Å². The van der Waals surface area contributed by atoms with Gasteiger partial charge in [-0.1, -0.05) is 44.9 Å². The highest BCUT2D eigenvalue weighted by Crippen LogP contribution is 2.53. The average Bonchev–Trinajstić information content (AvgIpc) is 3.27. The molecule has 4 aliphatic rings. The number of ketones is 1. The Bertz CT molecular complexity index is 646. The van der Waals surface area contributed by atoms with Gasteiger partial charge in [0, 0.05) is 11.8 Å². The van der Waals surface area contributed by atoms with Crippen LogP contribution < -0.4 is 0 Å². The van der Waals surface area contributed by atoms with Crippen molar-refractivity contribution in [2.75, 3.05) is 0 Å². The zero-order valence-electron chi connectivity index (χ0n) is 16.9. The van der Waals surface area contributed by atoms with E-state index in [9.17, 15) is 9.59 Å². The first-order valence-corrected chi connectivity index (χ1v) is 11.2. The third kappa shape index (κ3) is 3.67. The van der Waals surface area contributed by atoms with Crippen LogP contribution in [0.4, 0.5) is 0 Å². The Hall–Kier alpha value is -1.38. The maximum atomic E-state index is 13.3. The van der Waals surface area contributed by atoms with E-state index >= 15 is 0 Å². The first kappa shape index (κ1) is 19.0. The first-order valence-electron chi connectivity index (χ1n) is 11.2.